The Morgan fingerprint density at radius 3 is 2.19 bits per heavy atom. The quantitative estimate of drug-likeness (QED) is 0.208. The van der Waals surface area contributed by atoms with E-state index in [0.717, 1.165) is 37.0 Å². The van der Waals surface area contributed by atoms with Crippen molar-refractivity contribution < 1.29 is 49.6 Å². The fourth-order valence-electron chi connectivity index (χ4n) is 9.81. The Kier molecular flexibility index (Phi) is 11.1. The fraction of sp³-hybridized carbons (Fsp3) is 0.838. The van der Waals surface area contributed by atoms with Crippen LogP contribution in [0.15, 0.2) is 12.1 Å². The molecule has 3 aliphatic carbocycles. The summed E-state index contributed by atoms with van der Waals surface area (Å²) in [6.45, 7) is 8.63. The van der Waals surface area contributed by atoms with Gasteiger partial charge in [0.25, 0.3) is 0 Å². The normalized spacial score (nSPS) is 42.3. The minimum Gasteiger partial charge on any atom is -0.394 e. The highest BCUT2D eigenvalue weighted by Gasteiger charge is 2.53. The number of fused-ring (bicyclic) bond motifs is 5. The second-order valence-corrected chi connectivity index (χ2v) is 15.8. The number of aliphatic hydroxyl groups is 6. The summed E-state index contributed by atoms with van der Waals surface area (Å²) in [6, 6.07) is 4.65. The first-order valence-corrected chi connectivity index (χ1v) is 18.2. The lowest BCUT2D eigenvalue weighted by Crippen LogP contribution is -2.62. The first-order valence-electron chi connectivity index (χ1n) is 18.2. The van der Waals surface area contributed by atoms with Crippen LogP contribution < -0.4 is 0 Å². The van der Waals surface area contributed by atoms with Crippen LogP contribution in [0.3, 0.4) is 0 Å². The van der Waals surface area contributed by atoms with Crippen LogP contribution in [0.4, 0.5) is 0 Å². The molecule has 0 amide bonds. The Morgan fingerprint density at radius 2 is 1.51 bits per heavy atom. The van der Waals surface area contributed by atoms with Gasteiger partial charge in [-0.25, -0.2) is 0 Å². The molecular weight excluding hydrogens is 604 g/mol. The Labute approximate surface area is 279 Å². The van der Waals surface area contributed by atoms with Crippen LogP contribution in [0.2, 0.25) is 0 Å². The number of aliphatic hydroxyl groups excluding tert-OH is 6. The third kappa shape index (κ3) is 6.81. The van der Waals surface area contributed by atoms with Crippen molar-refractivity contribution in [3.05, 3.63) is 34.4 Å². The van der Waals surface area contributed by atoms with Crippen LogP contribution in [0.5, 0.6) is 0 Å². The van der Waals surface area contributed by atoms with Gasteiger partial charge < -0.3 is 49.6 Å². The van der Waals surface area contributed by atoms with Gasteiger partial charge in [-0.05, 0) is 96.3 Å². The van der Waals surface area contributed by atoms with Crippen LogP contribution in [0.25, 0.3) is 0 Å². The Bertz CT molecular complexity index is 1210. The minimum atomic E-state index is -1.49. The van der Waals surface area contributed by atoms with E-state index in [1.54, 1.807) is 11.1 Å². The van der Waals surface area contributed by atoms with Gasteiger partial charge in [0.2, 0.25) is 0 Å². The van der Waals surface area contributed by atoms with Gasteiger partial charge in [-0.3, -0.25) is 0 Å². The summed E-state index contributed by atoms with van der Waals surface area (Å²) in [5, 5.41) is 61.8. The lowest BCUT2D eigenvalue weighted by atomic mass is 9.59. The van der Waals surface area contributed by atoms with Gasteiger partial charge >= 0.3 is 0 Å². The molecule has 0 spiro atoms. The summed E-state index contributed by atoms with van der Waals surface area (Å²) in [5.41, 5.74) is 6.18. The van der Waals surface area contributed by atoms with Gasteiger partial charge in [0, 0.05) is 0 Å². The molecule has 2 heterocycles. The Balaban J connectivity index is 1.11. The molecule has 1 aromatic rings. The molecule has 10 heteroatoms. The molecule has 266 valence electrons. The van der Waals surface area contributed by atoms with Crippen LogP contribution in [-0.2, 0) is 38.2 Å². The molecule has 10 nitrogen and oxygen atoms in total. The molecule has 1 aromatic carbocycles. The largest absolute Gasteiger partial charge is 0.394 e. The second kappa shape index (κ2) is 14.6. The van der Waals surface area contributed by atoms with Crippen molar-refractivity contribution in [3.8, 4) is 0 Å². The lowest BCUT2D eigenvalue weighted by Gasteiger charge is -2.45. The summed E-state index contributed by atoms with van der Waals surface area (Å²) in [4.78, 5) is 0. The van der Waals surface area contributed by atoms with Gasteiger partial charge in [0.05, 0.1) is 19.3 Å². The van der Waals surface area contributed by atoms with Crippen molar-refractivity contribution in [1.82, 2.24) is 0 Å². The van der Waals surface area contributed by atoms with Crippen molar-refractivity contribution in [2.24, 2.45) is 23.2 Å². The molecule has 3 fully saturated rings. The zero-order chi connectivity index (χ0) is 33.6. The number of rotatable bonds is 11. The molecule has 5 aliphatic rings. The fourth-order valence-corrected chi connectivity index (χ4v) is 9.81. The third-order valence-corrected chi connectivity index (χ3v) is 12.5. The second-order valence-electron chi connectivity index (χ2n) is 15.8. The molecule has 6 rings (SSSR count). The smallest absolute Gasteiger partial charge is 0.187 e. The number of ether oxygens (including phenoxy) is 4. The van der Waals surface area contributed by atoms with E-state index in [-0.39, 0.29) is 6.10 Å². The third-order valence-electron chi connectivity index (χ3n) is 12.5. The standard InChI is InChI=1S/C37H58O10/c1-19(2)6-5-7-20(3)26-12-13-27-25-10-8-21-16-22(9-11-23(21)24(25)14-15-37(26,27)4)44-36-33(43)34(31(41)29(18-39)46-36)47-35-32(42)30(40)28(17-38)45-35/h8,10,19-20,22,26-36,38-43H,5-7,9,11-18H2,1-4H3/t20-,22+,26-,27+,28-,29-,30-,31-,32+,33-,34+,35+,36-,37-/m1/s1. The molecule has 47 heavy (non-hydrogen) atoms. The maximum atomic E-state index is 11.2. The average molecular weight is 663 g/mol. The molecule has 0 unspecified atom stereocenters. The van der Waals surface area contributed by atoms with Crippen molar-refractivity contribution in [3.63, 3.8) is 0 Å². The van der Waals surface area contributed by atoms with E-state index >= 15 is 0 Å². The summed E-state index contributed by atoms with van der Waals surface area (Å²) >= 11 is 0. The predicted molar refractivity (Wildman–Crippen MR) is 173 cm³/mol. The number of hydrogen-bond acceptors (Lipinski definition) is 10. The summed E-state index contributed by atoms with van der Waals surface area (Å²) in [7, 11) is 0. The molecule has 0 bridgehead atoms. The zero-order valence-corrected chi connectivity index (χ0v) is 28.5. The average Bonchev–Trinajstić information content (AvgIpc) is 3.55. The first-order chi connectivity index (χ1) is 22.5. The summed E-state index contributed by atoms with van der Waals surface area (Å²) in [5.74, 6) is 2.92. The molecule has 0 aromatic heterocycles. The number of hydrogen-bond donors (Lipinski definition) is 6. The lowest BCUT2D eigenvalue weighted by molar-refractivity contribution is -0.337. The topological polar surface area (TPSA) is 158 Å². The zero-order valence-electron chi connectivity index (χ0n) is 28.5. The van der Waals surface area contributed by atoms with Crippen molar-refractivity contribution >= 4 is 0 Å². The SMILES string of the molecule is CC(C)CCC[C@@H](C)[C@H]1CC[C@H]2c3ccc4c(c3CC[C@]12C)CC[C@H](O[C@@H]1O[C@H](CO)[C@@H](O)[C@H](O[C@@H]2O[C@H](CO)[C@@H](O)[C@@H]2O)[C@H]1O)C4. The van der Waals surface area contributed by atoms with E-state index in [9.17, 15) is 30.6 Å². The Morgan fingerprint density at radius 1 is 0.809 bits per heavy atom. The van der Waals surface area contributed by atoms with E-state index in [4.69, 9.17) is 18.9 Å². The van der Waals surface area contributed by atoms with Crippen LogP contribution in [0.1, 0.15) is 101 Å². The first kappa shape index (κ1) is 35.6. The van der Waals surface area contributed by atoms with Gasteiger partial charge in [0.15, 0.2) is 12.6 Å². The van der Waals surface area contributed by atoms with Crippen molar-refractivity contribution in [2.75, 3.05) is 13.2 Å². The monoisotopic (exact) mass is 662 g/mol. The maximum Gasteiger partial charge on any atom is 0.187 e. The molecule has 1 saturated carbocycles. The van der Waals surface area contributed by atoms with Gasteiger partial charge in [-0.2, -0.15) is 0 Å². The highest BCUT2D eigenvalue weighted by molar-refractivity contribution is 5.47. The Hall–Kier alpha value is -1.18. The maximum absolute atomic E-state index is 11.2. The highest BCUT2D eigenvalue weighted by atomic mass is 16.7. The van der Waals surface area contributed by atoms with Crippen molar-refractivity contribution in [2.45, 2.75) is 159 Å². The molecule has 2 saturated heterocycles. The van der Waals surface area contributed by atoms with E-state index in [1.807, 2.05) is 0 Å². The van der Waals surface area contributed by atoms with E-state index in [0.29, 0.717) is 17.8 Å². The van der Waals surface area contributed by atoms with E-state index < -0.39 is 68.5 Å². The van der Waals surface area contributed by atoms with E-state index in [2.05, 4.69) is 39.8 Å². The molecule has 6 N–H and O–H groups in total. The summed E-state index contributed by atoms with van der Waals surface area (Å²) in [6.07, 6.45) is -0.907. The summed E-state index contributed by atoms with van der Waals surface area (Å²) < 4.78 is 23.3. The van der Waals surface area contributed by atoms with Crippen molar-refractivity contribution in [1.29, 1.82) is 0 Å². The molecular formula is C37H58O10. The molecule has 2 aliphatic heterocycles. The minimum absolute atomic E-state index is 0.249. The van der Waals surface area contributed by atoms with Crippen LogP contribution >= 0.6 is 0 Å². The van der Waals surface area contributed by atoms with Crippen LogP contribution in [-0.4, -0.2) is 105 Å². The number of benzene rings is 1. The molecule has 0 radical (unpaired) electrons. The van der Waals surface area contributed by atoms with E-state index in [1.165, 1.54) is 49.7 Å². The highest BCUT2D eigenvalue weighted by Crippen LogP contribution is 2.61. The predicted octanol–water partition coefficient (Wildman–Crippen LogP) is 2.73. The van der Waals surface area contributed by atoms with Gasteiger partial charge in [0.1, 0.15) is 42.7 Å². The van der Waals surface area contributed by atoms with Crippen LogP contribution in [0, 0.1) is 23.2 Å². The van der Waals surface area contributed by atoms with Gasteiger partial charge in [-0.15, -0.1) is 0 Å². The molecule has 14 atom stereocenters. The van der Waals surface area contributed by atoms with Gasteiger partial charge in [-0.1, -0.05) is 59.1 Å².